The predicted molar refractivity (Wildman–Crippen MR) is 131 cm³/mol. The molecule has 194 valence electrons. The third kappa shape index (κ3) is 4.42. The number of carbonyl (C=O) groups excluding carboxylic acids is 4. The van der Waals surface area contributed by atoms with Crippen LogP contribution in [-0.4, -0.2) is 67.7 Å². The lowest BCUT2D eigenvalue weighted by Crippen LogP contribution is -2.54. The van der Waals surface area contributed by atoms with E-state index in [2.05, 4.69) is 15.5 Å². The van der Waals surface area contributed by atoms with E-state index in [4.69, 9.17) is 0 Å². The summed E-state index contributed by atoms with van der Waals surface area (Å²) in [7, 11) is 3.05. The first-order valence-electron chi connectivity index (χ1n) is 12.2. The highest BCUT2D eigenvalue weighted by molar-refractivity contribution is 6.23. The van der Waals surface area contributed by atoms with Crippen LogP contribution < -0.4 is 21.9 Å². The van der Waals surface area contributed by atoms with Crippen LogP contribution in [0.3, 0.4) is 0 Å². The van der Waals surface area contributed by atoms with Gasteiger partial charge >= 0.3 is 5.69 Å². The molecule has 2 fully saturated rings. The molecular weight excluding hydrogens is 480 g/mol. The monoisotopic (exact) mass is 508 g/mol. The van der Waals surface area contributed by atoms with Crippen molar-refractivity contribution in [1.29, 1.82) is 0 Å². The predicted octanol–water partition coefficient (Wildman–Crippen LogP) is -1.15. The SMILES string of the molecule is Cn1cc(CN(Cc2ccc3c(c2)C(=O)N(C2CCC(=O)NC2=O)C3=O)C2CCNC2)c(=O)n(C)c1=O. The van der Waals surface area contributed by atoms with Crippen LogP contribution in [0.25, 0.3) is 0 Å². The molecule has 12 nitrogen and oxygen atoms in total. The molecule has 1 aromatic carbocycles. The van der Waals surface area contributed by atoms with E-state index in [0.717, 1.165) is 34.5 Å². The van der Waals surface area contributed by atoms with Crippen LogP contribution in [0.2, 0.25) is 0 Å². The summed E-state index contributed by atoms with van der Waals surface area (Å²) in [6.07, 6.45) is 2.59. The number of hydrogen-bond acceptors (Lipinski definition) is 8. The Bertz CT molecular complexity index is 1440. The number of nitrogens with one attached hydrogen (secondary N) is 2. The normalized spacial score (nSPS) is 21.6. The van der Waals surface area contributed by atoms with Crippen molar-refractivity contribution in [2.75, 3.05) is 13.1 Å². The van der Waals surface area contributed by atoms with Gasteiger partial charge in [0.25, 0.3) is 17.4 Å². The Balaban J connectivity index is 1.42. The second-order valence-corrected chi connectivity index (χ2v) is 9.79. The molecule has 5 rings (SSSR count). The lowest BCUT2D eigenvalue weighted by Gasteiger charge is -2.28. The maximum Gasteiger partial charge on any atom is 0.330 e. The highest BCUT2D eigenvalue weighted by atomic mass is 16.2. The lowest BCUT2D eigenvalue weighted by atomic mass is 10.0. The summed E-state index contributed by atoms with van der Waals surface area (Å²) < 4.78 is 2.47. The van der Waals surface area contributed by atoms with E-state index >= 15 is 0 Å². The molecule has 2 atom stereocenters. The van der Waals surface area contributed by atoms with Gasteiger partial charge in [-0.15, -0.1) is 0 Å². The van der Waals surface area contributed by atoms with Crippen LogP contribution in [0.5, 0.6) is 0 Å². The largest absolute Gasteiger partial charge is 0.330 e. The number of benzene rings is 1. The van der Waals surface area contributed by atoms with Gasteiger partial charge in [0.2, 0.25) is 11.8 Å². The number of nitrogens with zero attached hydrogens (tertiary/aromatic N) is 4. The van der Waals surface area contributed by atoms with Crippen LogP contribution >= 0.6 is 0 Å². The average molecular weight is 509 g/mol. The fraction of sp³-hybridized carbons (Fsp3) is 0.440. The maximum absolute atomic E-state index is 13.2. The van der Waals surface area contributed by atoms with E-state index in [1.165, 1.54) is 11.6 Å². The minimum Gasteiger partial charge on any atom is -0.315 e. The van der Waals surface area contributed by atoms with Gasteiger partial charge in [0, 0.05) is 58.0 Å². The number of carbonyl (C=O) groups is 4. The number of fused-ring (bicyclic) bond motifs is 1. The fourth-order valence-corrected chi connectivity index (χ4v) is 5.33. The van der Waals surface area contributed by atoms with Crippen LogP contribution in [0.15, 0.2) is 34.0 Å². The Morgan fingerprint density at radius 3 is 2.43 bits per heavy atom. The highest BCUT2D eigenvalue weighted by Crippen LogP contribution is 2.29. The van der Waals surface area contributed by atoms with Gasteiger partial charge < -0.3 is 9.88 Å². The zero-order valence-corrected chi connectivity index (χ0v) is 20.7. The summed E-state index contributed by atoms with van der Waals surface area (Å²) in [5, 5.41) is 5.52. The van der Waals surface area contributed by atoms with Gasteiger partial charge in [-0.25, -0.2) is 4.79 Å². The molecule has 4 heterocycles. The molecule has 12 heteroatoms. The number of amides is 4. The van der Waals surface area contributed by atoms with Crippen molar-refractivity contribution in [3.8, 4) is 0 Å². The summed E-state index contributed by atoms with van der Waals surface area (Å²) in [6, 6.07) is 4.14. The molecule has 2 aromatic rings. The summed E-state index contributed by atoms with van der Waals surface area (Å²) in [6.45, 7) is 2.28. The van der Waals surface area contributed by atoms with Crippen molar-refractivity contribution in [2.45, 2.75) is 44.4 Å². The van der Waals surface area contributed by atoms with Crippen molar-refractivity contribution in [3.05, 3.63) is 67.5 Å². The number of rotatable bonds is 6. The summed E-state index contributed by atoms with van der Waals surface area (Å²) in [5.74, 6) is -2.18. The van der Waals surface area contributed by atoms with E-state index in [0.29, 0.717) is 18.7 Å². The first-order chi connectivity index (χ1) is 17.7. The fourth-order valence-electron chi connectivity index (χ4n) is 5.33. The minimum atomic E-state index is -1.02. The number of aryl methyl sites for hydroxylation is 1. The zero-order valence-electron chi connectivity index (χ0n) is 20.7. The molecular formula is C25H28N6O6. The number of aromatic nitrogens is 2. The van der Waals surface area contributed by atoms with Crippen molar-refractivity contribution < 1.29 is 19.2 Å². The summed E-state index contributed by atoms with van der Waals surface area (Å²) in [4.78, 5) is 78.0. The van der Waals surface area contributed by atoms with Gasteiger partial charge in [0.05, 0.1) is 11.1 Å². The summed E-state index contributed by atoms with van der Waals surface area (Å²) >= 11 is 0. The second kappa shape index (κ2) is 9.52. The van der Waals surface area contributed by atoms with Crippen LogP contribution in [-0.2, 0) is 36.8 Å². The third-order valence-electron chi connectivity index (χ3n) is 7.33. The minimum absolute atomic E-state index is 0.0595. The molecule has 0 spiro atoms. The van der Waals surface area contributed by atoms with Gasteiger partial charge in [0.1, 0.15) is 6.04 Å². The number of piperidine rings is 1. The molecule has 2 unspecified atom stereocenters. The molecule has 2 N–H and O–H groups in total. The first-order valence-corrected chi connectivity index (χ1v) is 12.2. The molecule has 0 radical (unpaired) electrons. The van der Waals surface area contributed by atoms with E-state index < -0.39 is 35.4 Å². The smallest absolute Gasteiger partial charge is 0.315 e. The zero-order chi connectivity index (χ0) is 26.4. The van der Waals surface area contributed by atoms with Gasteiger partial charge in [-0.05, 0) is 37.1 Å². The third-order valence-corrected chi connectivity index (χ3v) is 7.33. The van der Waals surface area contributed by atoms with E-state index in [1.54, 1.807) is 31.4 Å². The van der Waals surface area contributed by atoms with Crippen molar-refractivity contribution in [2.24, 2.45) is 14.1 Å². The molecule has 3 aliphatic rings. The van der Waals surface area contributed by atoms with E-state index in [9.17, 15) is 28.8 Å². The molecule has 3 aliphatic heterocycles. The highest BCUT2D eigenvalue weighted by Gasteiger charge is 2.44. The Morgan fingerprint density at radius 2 is 1.73 bits per heavy atom. The molecule has 0 saturated carbocycles. The first kappa shape index (κ1) is 24.8. The topological polar surface area (TPSA) is 143 Å². The van der Waals surface area contributed by atoms with Crippen LogP contribution in [0.1, 0.15) is 51.1 Å². The van der Waals surface area contributed by atoms with Gasteiger partial charge in [0.15, 0.2) is 0 Å². The van der Waals surface area contributed by atoms with Gasteiger partial charge in [-0.3, -0.25) is 43.7 Å². The molecule has 0 bridgehead atoms. The lowest BCUT2D eigenvalue weighted by molar-refractivity contribution is -0.136. The Morgan fingerprint density at radius 1 is 0.973 bits per heavy atom. The van der Waals surface area contributed by atoms with Crippen LogP contribution in [0, 0.1) is 0 Å². The molecule has 1 aromatic heterocycles. The van der Waals surface area contributed by atoms with Gasteiger partial charge in [-0.2, -0.15) is 0 Å². The average Bonchev–Trinajstić information content (AvgIpc) is 3.49. The molecule has 4 amide bonds. The summed E-state index contributed by atoms with van der Waals surface area (Å²) in [5.41, 5.74) is 0.944. The molecule has 37 heavy (non-hydrogen) atoms. The van der Waals surface area contributed by atoms with Crippen LogP contribution in [0.4, 0.5) is 0 Å². The van der Waals surface area contributed by atoms with Gasteiger partial charge in [-0.1, -0.05) is 6.07 Å². The number of imide groups is 2. The maximum atomic E-state index is 13.2. The number of hydrogen-bond donors (Lipinski definition) is 2. The Labute approximate surface area is 211 Å². The standard InChI is InChI=1S/C25H28N6O6/c1-28-12-15(22(34)29(2)25(28)37)13-30(16-7-8-26-10-16)11-14-3-4-17-18(9-14)24(36)31(23(17)35)19-5-6-20(32)27-21(19)33/h3-4,9,12,16,19,26H,5-8,10-11,13H2,1-2H3,(H,27,32,33). The molecule has 0 aliphatic carbocycles. The van der Waals surface area contributed by atoms with E-state index in [1.807, 2.05) is 0 Å². The Kier molecular flexibility index (Phi) is 6.38. The second-order valence-electron chi connectivity index (χ2n) is 9.79. The Hall–Kier alpha value is -3.90. The van der Waals surface area contributed by atoms with E-state index in [-0.39, 0.29) is 35.6 Å². The molecule has 2 saturated heterocycles. The van der Waals surface area contributed by atoms with Crippen molar-refractivity contribution in [3.63, 3.8) is 0 Å². The van der Waals surface area contributed by atoms with Crippen molar-refractivity contribution in [1.82, 2.24) is 29.6 Å². The van der Waals surface area contributed by atoms with Crippen molar-refractivity contribution >= 4 is 23.6 Å². The quantitative estimate of drug-likeness (QED) is 0.466.